The van der Waals surface area contributed by atoms with Crippen LogP contribution < -0.4 is 0 Å². The van der Waals surface area contributed by atoms with Crippen molar-refractivity contribution in [2.45, 2.75) is 78.3 Å². The summed E-state index contributed by atoms with van der Waals surface area (Å²) >= 11 is 0. The van der Waals surface area contributed by atoms with Crippen molar-refractivity contribution in [1.82, 2.24) is 5.23 Å². The van der Waals surface area contributed by atoms with Crippen molar-refractivity contribution >= 4 is 22.5 Å². The third-order valence-electron chi connectivity index (χ3n) is 2.16. The molecule has 0 atom stereocenters. The van der Waals surface area contributed by atoms with Crippen molar-refractivity contribution in [3.63, 3.8) is 0 Å². The number of amides is 1. The number of unbranched alkanes of at least 4 members (excludes halogenated alkanes) is 3. The predicted molar refractivity (Wildman–Crippen MR) is 84.5 cm³/mol. The van der Waals surface area contributed by atoms with Gasteiger partial charge in [0.1, 0.15) is 0 Å². The summed E-state index contributed by atoms with van der Waals surface area (Å²) in [6, 6.07) is 0. The normalized spacial score (nSPS) is 12.6. The van der Waals surface area contributed by atoms with Crippen molar-refractivity contribution in [2.75, 3.05) is 0 Å². The third kappa shape index (κ3) is 11.4. The minimum Gasteiger partial charge on any atom is -0.296 e. The van der Waals surface area contributed by atoms with Crippen LogP contribution in [0.25, 0.3) is 0 Å². The fourth-order valence-electron chi connectivity index (χ4n) is 1.41. The maximum Gasteiger partial charge on any atom is 0.271 e. The van der Waals surface area contributed by atoms with E-state index in [0.717, 1.165) is 12.8 Å². The molecule has 0 unspecified atom stereocenters. The molecule has 1 amide bonds. The molecule has 0 bridgehead atoms. The fourth-order valence-corrected chi connectivity index (χ4v) is 2.76. The van der Waals surface area contributed by atoms with Gasteiger partial charge in [-0.3, -0.25) is 13.8 Å². The van der Waals surface area contributed by atoms with Gasteiger partial charge < -0.3 is 0 Å². The van der Waals surface area contributed by atoms with Crippen LogP contribution in [0.3, 0.4) is 0 Å². The number of rotatable bonds is 9. The topological polar surface area (TPSA) is 38.8 Å². The summed E-state index contributed by atoms with van der Waals surface area (Å²) in [5, 5.41) is 1.20. The summed E-state index contributed by atoms with van der Waals surface area (Å²) in [7, 11) is -3.67. The Morgan fingerprint density at radius 3 is 1.74 bits per heavy atom. The molecule has 19 heavy (non-hydrogen) atoms. The maximum atomic E-state index is 12.2. The van der Waals surface area contributed by atoms with Crippen molar-refractivity contribution in [2.24, 2.45) is 0 Å². The summed E-state index contributed by atoms with van der Waals surface area (Å²) in [5.74, 6) is -0.0408. The first-order valence-corrected chi connectivity index (χ1v) is 14.1. The third-order valence-corrected chi connectivity index (χ3v) is 3.59. The molecule has 114 valence electrons. The molecule has 0 saturated heterocycles. The lowest BCUT2D eigenvalue weighted by Gasteiger charge is -2.32. The lowest BCUT2D eigenvalue weighted by atomic mass is 10.1. The maximum absolute atomic E-state index is 12.2. The predicted octanol–water partition coefficient (Wildman–Crippen LogP) is 4.32. The summed E-state index contributed by atoms with van der Waals surface area (Å²) < 4.78 is 11.5. The van der Waals surface area contributed by atoms with Crippen LogP contribution in [0.5, 0.6) is 0 Å². The Kier molecular flexibility index (Phi) is 8.11. The van der Waals surface area contributed by atoms with Gasteiger partial charge in [0.25, 0.3) is 5.91 Å². The zero-order chi connectivity index (χ0) is 15.1. The Hall–Kier alpha value is -0.176. The van der Waals surface area contributed by atoms with Gasteiger partial charge in [-0.15, -0.1) is 5.23 Å². The largest absolute Gasteiger partial charge is 0.296 e. The highest BCUT2D eigenvalue weighted by Gasteiger charge is 2.29. The average Bonchev–Trinajstić information content (AvgIpc) is 2.19. The second kappa shape index (κ2) is 8.19. The molecule has 0 fully saturated rings. The van der Waals surface area contributed by atoms with E-state index in [4.69, 9.17) is 9.05 Å². The first-order valence-electron chi connectivity index (χ1n) is 7.26. The molecule has 0 radical (unpaired) electrons. The molecular weight excluding hydrogens is 274 g/mol. The fraction of sp³-hybridized carbons (Fsp3) is 0.923. The van der Waals surface area contributed by atoms with E-state index >= 15 is 0 Å². The van der Waals surface area contributed by atoms with Gasteiger partial charge in [0.2, 0.25) is 16.6 Å². The molecule has 0 aromatic rings. The number of hydroxylamine groups is 2. The van der Waals surface area contributed by atoms with Gasteiger partial charge in [-0.1, -0.05) is 26.2 Å². The number of nitrogens with zero attached hydrogens (tertiary/aromatic N) is 1. The van der Waals surface area contributed by atoms with Crippen LogP contribution in [0.1, 0.15) is 39.0 Å². The molecule has 0 aromatic heterocycles. The van der Waals surface area contributed by atoms with E-state index < -0.39 is 16.6 Å². The van der Waals surface area contributed by atoms with Crippen molar-refractivity contribution < 1.29 is 13.8 Å². The lowest BCUT2D eigenvalue weighted by Crippen LogP contribution is -2.46. The number of hydrogen-bond donors (Lipinski definition) is 0. The lowest BCUT2D eigenvalue weighted by molar-refractivity contribution is -0.257. The SMILES string of the molecule is CCCCCCC(=O)N(O[Si](C)(C)C)O[Si](C)(C)C. The van der Waals surface area contributed by atoms with Crippen molar-refractivity contribution in [3.8, 4) is 0 Å². The van der Waals surface area contributed by atoms with Gasteiger partial charge in [-0.05, 0) is 45.7 Å². The summed E-state index contributed by atoms with van der Waals surface area (Å²) in [5.41, 5.74) is 0. The molecule has 6 heteroatoms. The Balaban J connectivity index is 4.42. The van der Waals surface area contributed by atoms with Crippen LogP contribution in [0.2, 0.25) is 39.3 Å². The second-order valence-corrected chi connectivity index (χ2v) is 15.7. The van der Waals surface area contributed by atoms with Gasteiger partial charge in [-0.25, -0.2) is 0 Å². The summed E-state index contributed by atoms with van der Waals surface area (Å²) in [4.78, 5) is 12.2. The van der Waals surface area contributed by atoms with Crippen molar-refractivity contribution in [1.29, 1.82) is 0 Å². The van der Waals surface area contributed by atoms with Gasteiger partial charge in [0.15, 0.2) is 0 Å². The zero-order valence-electron chi connectivity index (χ0n) is 13.7. The quantitative estimate of drug-likeness (QED) is 0.362. The molecule has 0 aliphatic carbocycles. The van der Waals surface area contributed by atoms with Crippen LogP contribution in [-0.4, -0.2) is 27.8 Å². The highest BCUT2D eigenvalue weighted by Crippen LogP contribution is 2.15. The van der Waals surface area contributed by atoms with Crippen LogP contribution in [0.15, 0.2) is 0 Å². The number of hydrogen-bond acceptors (Lipinski definition) is 3. The summed E-state index contributed by atoms with van der Waals surface area (Å²) in [6.45, 7) is 14.5. The monoisotopic (exact) mass is 305 g/mol. The molecule has 4 nitrogen and oxygen atoms in total. The molecule has 0 rings (SSSR count). The van der Waals surface area contributed by atoms with Gasteiger partial charge in [0.05, 0.1) is 0 Å². The molecule has 0 N–H and O–H groups in total. The van der Waals surface area contributed by atoms with Gasteiger partial charge >= 0.3 is 0 Å². The van der Waals surface area contributed by atoms with E-state index in [1.54, 1.807) is 0 Å². The standard InChI is InChI=1S/C13H31NO3Si2/c1-8-9-10-11-12-13(15)14(16-18(2,3)4)17-19(5,6)7/h8-12H2,1-7H3. The Bertz CT molecular complexity index is 256. The van der Waals surface area contributed by atoms with Gasteiger partial charge in [-0.2, -0.15) is 0 Å². The van der Waals surface area contributed by atoms with E-state index in [-0.39, 0.29) is 5.91 Å². The van der Waals surface area contributed by atoms with Crippen LogP contribution in [0.4, 0.5) is 0 Å². The molecule has 0 aromatic carbocycles. The Morgan fingerprint density at radius 1 is 0.895 bits per heavy atom. The second-order valence-electron chi connectivity index (χ2n) is 6.87. The van der Waals surface area contributed by atoms with E-state index in [0.29, 0.717) is 6.42 Å². The van der Waals surface area contributed by atoms with E-state index in [2.05, 4.69) is 46.2 Å². The Morgan fingerprint density at radius 2 is 1.37 bits per heavy atom. The Labute approximate surface area is 120 Å². The highest BCUT2D eigenvalue weighted by atomic mass is 28.4. The van der Waals surface area contributed by atoms with Crippen LogP contribution in [-0.2, 0) is 13.8 Å². The minimum atomic E-state index is -1.83. The van der Waals surface area contributed by atoms with E-state index in [9.17, 15) is 4.79 Å². The number of carbonyl (C=O) groups is 1. The first kappa shape index (κ1) is 18.8. The zero-order valence-corrected chi connectivity index (χ0v) is 15.7. The van der Waals surface area contributed by atoms with Gasteiger partial charge in [0, 0.05) is 6.42 Å². The van der Waals surface area contributed by atoms with Crippen molar-refractivity contribution in [3.05, 3.63) is 0 Å². The summed E-state index contributed by atoms with van der Waals surface area (Å²) in [6.07, 6.45) is 4.87. The van der Waals surface area contributed by atoms with Crippen LogP contribution in [0, 0.1) is 0 Å². The molecular formula is C13H31NO3Si2. The van der Waals surface area contributed by atoms with E-state index in [1.807, 2.05) is 0 Å². The molecule has 0 aliphatic heterocycles. The minimum absolute atomic E-state index is 0.0408. The van der Waals surface area contributed by atoms with Crippen LogP contribution >= 0.6 is 0 Å². The average molecular weight is 306 g/mol. The molecule has 0 heterocycles. The first-order chi connectivity index (χ1) is 8.55. The van der Waals surface area contributed by atoms with E-state index in [1.165, 1.54) is 18.1 Å². The molecule has 0 aliphatic rings. The smallest absolute Gasteiger partial charge is 0.271 e. The molecule has 0 saturated carbocycles. The number of carbonyl (C=O) groups excluding carboxylic acids is 1. The highest BCUT2D eigenvalue weighted by molar-refractivity contribution is 6.70. The molecule has 0 spiro atoms.